The summed E-state index contributed by atoms with van der Waals surface area (Å²) in [6.07, 6.45) is 2.37. The molecule has 0 amide bonds. The Labute approximate surface area is 120 Å². The van der Waals surface area contributed by atoms with Crippen LogP contribution in [0.15, 0.2) is 15.9 Å². The number of ketones is 1. The van der Waals surface area contributed by atoms with E-state index in [0.29, 0.717) is 18.7 Å². The first kappa shape index (κ1) is 14.2. The highest BCUT2D eigenvalue weighted by Crippen LogP contribution is 2.25. The van der Waals surface area contributed by atoms with Crippen LogP contribution in [0.2, 0.25) is 0 Å². The van der Waals surface area contributed by atoms with Gasteiger partial charge in [-0.1, -0.05) is 0 Å². The van der Waals surface area contributed by atoms with Crippen molar-refractivity contribution in [3.63, 3.8) is 0 Å². The van der Waals surface area contributed by atoms with Crippen molar-refractivity contribution >= 4 is 33.0 Å². The van der Waals surface area contributed by atoms with Gasteiger partial charge in [0.15, 0.2) is 5.78 Å². The largest absolute Gasteiger partial charge is 0.381 e. The number of thiophene rings is 1. The van der Waals surface area contributed by atoms with E-state index in [1.54, 1.807) is 7.11 Å². The minimum absolute atomic E-state index is 0.208. The Morgan fingerprint density at radius 1 is 1.67 bits per heavy atom. The molecule has 1 aromatic rings. The molecule has 100 valence electrons. The van der Waals surface area contributed by atoms with E-state index in [4.69, 9.17) is 4.74 Å². The van der Waals surface area contributed by atoms with E-state index in [2.05, 4.69) is 27.8 Å². The number of hydrogen-bond donors (Lipinski definition) is 0. The first-order chi connectivity index (χ1) is 8.61. The van der Waals surface area contributed by atoms with Crippen LogP contribution in [0.5, 0.6) is 0 Å². The third-order valence-electron chi connectivity index (χ3n) is 3.52. The Hall–Kier alpha value is -0.230. The molecular formula is C13H18BrNO2S. The van der Waals surface area contributed by atoms with Crippen molar-refractivity contribution < 1.29 is 9.53 Å². The Bertz CT molecular complexity index is 421. The fourth-order valence-electron chi connectivity index (χ4n) is 2.38. The van der Waals surface area contributed by atoms with Crippen molar-refractivity contribution in [2.24, 2.45) is 0 Å². The first-order valence-electron chi connectivity index (χ1n) is 6.15. The number of Topliss-reactive ketones (excluding diaryl/α,β-unsaturated/α-hetero) is 1. The number of likely N-dealkylation sites (tertiary alicyclic amines) is 1. The fourth-order valence-corrected chi connectivity index (χ4v) is 3.90. The quantitative estimate of drug-likeness (QED) is 0.793. The van der Waals surface area contributed by atoms with Gasteiger partial charge in [0, 0.05) is 24.2 Å². The van der Waals surface area contributed by atoms with Crippen molar-refractivity contribution in [2.45, 2.75) is 31.9 Å². The molecule has 2 heterocycles. The molecule has 1 saturated heterocycles. The van der Waals surface area contributed by atoms with Crippen LogP contribution in [-0.2, 0) is 4.74 Å². The summed E-state index contributed by atoms with van der Waals surface area (Å²) in [4.78, 5) is 15.3. The zero-order valence-electron chi connectivity index (χ0n) is 10.7. The van der Waals surface area contributed by atoms with Crippen LogP contribution in [0.3, 0.4) is 0 Å². The van der Waals surface area contributed by atoms with Crippen LogP contribution in [0.25, 0.3) is 0 Å². The Morgan fingerprint density at radius 3 is 3.00 bits per heavy atom. The molecule has 0 aromatic carbocycles. The van der Waals surface area contributed by atoms with Gasteiger partial charge in [-0.15, -0.1) is 11.3 Å². The van der Waals surface area contributed by atoms with Gasteiger partial charge in [0.25, 0.3) is 0 Å². The van der Waals surface area contributed by atoms with Crippen molar-refractivity contribution in [1.29, 1.82) is 0 Å². The van der Waals surface area contributed by atoms with E-state index < -0.39 is 0 Å². The standard InChI is InChI=1S/C13H18BrNO2S/c1-9-7-10(17-2)3-5-15(9)8-12(16)13-11(14)4-6-18-13/h4,6,9-10H,3,5,7-8H2,1-2H3. The van der Waals surface area contributed by atoms with Gasteiger partial charge in [-0.2, -0.15) is 0 Å². The lowest BCUT2D eigenvalue weighted by Gasteiger charge is -2.36. The van der Waals surface area contributed by atoms with Gasteiger partial charge in [0.05, 0.1) is 17.5 Å². The van der Waals surface area contributed by atoms with E-state index in [9.17, 15) is 4.79 Å². The van der Waals surface area contributed by atoms with E-state index in [1.807, 2.05) is 11.4 Å². The second-order valence-electron chi connectivity index (χ2n) is 4.72. The molecule has 1 fully saturated rings. The summed E-state index contributed by atoms with van der Waals surface area (Å²) in [5.41, 5.74) is 0. The van der Waals surface area contributed by atoms with Gasteiger partial charge in [-0.3, -0.25) is 9.69 Å². The van der Waals surface area contributed by atoms with Crippen LogP contribution in [0.1, 0.15) is 29.4 Å². The molecule has 2 unspecified atom stereocenters. The summed E-state index contributed by atoms with van der Waals surface area (Å²) in [7, 11) is 1.76. The topological polar surface area (TPSA) is 29.5 Å². The normalized spacial score (nSPS) is 25.3. The number of hydrogen-bond acceptors (Lipinski definition) is 4. The van der Waals surface area contributed by atoms with E-state index in [0.717, 1.165) is 28.7 Å². The number of carbonyl (C=O) groups excluding carboxylic acids is 1. The van der Waals surface area contributed by atoms with E-state index in [1.165, 1.54) is 11.3 Å². The van der Waals surface area contributed by atoms with Crippen molar-refractivity contribution in [2.75, 3.05) is 20.2 Å². The average Bonchev–Trinajstić information content (AvgIpc) is 2.78. The molecule has 1 aliphatic heterocycles. The van der Waals surface area contributed by atoms with Crippen LogP contribution in [0, 0.1) is 0 Å². The molecule has 1 aliphatic rings. The molecule has 0 radical (unpaired) electrons. The summed E-state index contributed by atoms with van der Waals surface area (Å²) >= 11 is 4.92. The predicted octanol–water partition coefficient (Wildman–Crippen LogP) is 3.19. The second-order valence-corrected chi connectivity index (χ2v) is 6.49. The van der Waals surface area contributed by atoms with Gasteiger partial charge in [-0.05, 0) is 47.1 Å². The number of rotatable bonds is 4. The van der Waals surface area contributed by atoms with Crippen molar-refractivity contribution in [3.05, 3.63) is 20.8 Å². The number of halogens is 1. The Balaban J connectivity index is 1.94. The number of ether oxygens (including phenoxy) is 1. The van der Waals surface area contributed by atoms with Gasteiger partial charge < -0.3 is 4.74 Å². The van der Waals surface area contributed by atoms with Crippen LogP contribution in [0.4, 0.5) is 0 Å². The predicted molar refractivity (Wildman–Crippen MR) is 77.4 cm³/mol. The molecule has 0 spiro atoms. The van der Waals surface area contributed by atoms with Crippen LogP contribution in [-0.4, -0.2) is 43.0 Å². The number of piperidine rings is 1. The highest BCUT2D eigenvalue weighted by molar-refractivity contribution is 9.10. The highest BCUT2D eigenvalue weighted by atomic mass is 79.9. The number of nitrogens with zero attached hydrogens (tertiary/aromatic N) is 1. The van der Waals surface area contributed by atoms with Gasteiger partial charge in [0.2, 0.25) is 0 Å². The zero-order valence-corrected chi connectivity index (χ0v) is 13.1. The van der Waals surface area contributed by atoms with Gasteiger partial charge in [-0.25, -0.2) is 0 Å². The zero-order chi connectivity index (χ0) is 13.1. The molecular weight excluding hydrogens is 314 g/mol. The third kappa shape index (κ3) is 3.20. The summed E-state index contributed by atoms with van der Waals surface area (Å²) in [5, 5.41) is 1.94. The van der Waals surface area contributed by atoms with Gasteiger partial charge >= 0.3 is 0 Å². The lowest BCUT2D eigenvalue weighted by atomic mass is 10.0. The molecule has 0 bridgehead atoms. The SMILES string of the molecule is COC1CCN(CC(=O)c2sccc2Br)C(C)C1. The average molecular weight is 332 g/mol. The highest BCUT2D eigenvalue weighted by Gasteiger charge is 2.27. The lowest BCUT2D eigenvalue weighted by Crippen LogP contribution is -2.45. The van der Waals surface area contributed by atoms with E-state index >= 15 is 0 Å². The molecule has 2 rings (SSSR count). The maximum atomic E-state index is 12.2. The van der Waals surface area contributed by atoms with E-state index in [-0.39, 0.29) is 5.78 Å². The molecule has 0 N–H and O–H groups in total. The number of methoxy groups -OCH3 is 1. The van der Waals surface area contributed by atoms with Crippen LogP contribution < -0.4 is 0 Å². The maximum absolute atomic E-state index is 12.2. The molecule has 1 aromatic heterocycles. The van der Waals surface area contributed by atoms with Crippen molar-refractivity contribution in [1.82, 2.24) is 4.90 Å². The third-order valence-corrected chi connectivity index (χ3v) is 5.39. The summed E-state index contributed by atoms with van der Waals surface area (Å²) < 4.78 is 6.30. The Kier molecular flexibility index (Phi) is 4.95. The second kappa shape index (κ2) is 6.28. The molecule has 0 aliphatic carbocycles. The Morgan fingerprint density at radius 2 is 2.44 bits per heavy atom. The fraction of sp³-hybridized carbons (Fsp3) is 0.615. The maximum Gasteiger partial charge on any atom is 0.187 e. The lowest BCUT2D eigenvalue weighted by molar-refractivity contribution is 0.0168. The smallest absolute Gasteiger partial charge is 0.187 e. The number of carbonyl (C=O) groups is 1. The molecule has 18 heavy (non-hydrogen) atoms. The molecule has 0 saturated carbocycles. The van der Waals surface area contributed by atoms with Crippen molar-refractivity contribution in [3.8, 4) is 0 Å². The molecule has 2 atom stereocenters. The molecule has 5 heteroatoms. The van der Waals surface area contributed by atoms with Gasteiger partial charge in [0.1, 0.15) is 0 Å². The molecule has 3 nitrogen and oxygen atoms in total. The van der Waals surface area contributed by atoms with Crippen LogP contribution >= 0.6 is 27.3 Å². The first-order valence-corrected chi connectivity index (χ1v) is 7.82. The monoisotopic (exact) mass is 331 g/mol. The summed E-state index contributed by atoms with van der Waals surface area (Å²) in [6, 6.07) is 2.34. The minimum Gasteiger partial charge on any atom is -0.381 e. The summed E-state index contributed by atoms with van der Waals surface area (Å²) in [5.74, 6) is 0.208. The summed E-state index contributed by atoms with van der Waals surface area (Å²) in [6.45, 7) is 3.62. The minimum atomic E-state index is 0.208.